The molecule has 0 unspecified atom stereocenters. The van der Waals surface area contributed by atoms with Crippen molar-refractivity contribution in [1.29, 1.82) is 0 Å². The average molecular weight is 801 g/mol. The van der Waals surface area contributed by atoms with Crippen LogP contribution < -0.4 is 0 Å². The molecule has 4 nitrogen and oxygen atoms in total. The van der Waals surface area contributed by atoms with E-state index in [0.717, 1.165) is 50.0 Å². The first kappa shape index (κ1) is 34.6. The zero-order valence-corrected chi connectivity index (χ0v) is 33.7. The Balaban J connectivity index is 0.985. The summed E-state index contributed by atoms with van der Waals surface area (Å²) in [5.41, 5.74) is 10.5. The van der Waals surface area contributed by atoms with Gasteiger partial charge < -0.3 is 0 Å². The predicted octanol–water partition coefficient (Wildman–Crippen LogP) is 15.2. The molecule has 12 aromatic rings. The van der Waals surface area contributed by atoms with Crippen LogP contribution in [0.15, 0.2) is 194 Å². The van der Waals surface area contributed by atoms with Gasteiger partial charge in [0.1, 0.15) is 0 Å². The molecule has 6 heteroatoms. The number of rotatable bonds is 6. The van der Waals surface area contributed by atoms with Crippen LogP contribution in [0.5, 0.6) is 0 Å². The molecule has 0 saturated heterocycles. The molecule has 60 heavy (non-hydrogen) atoms. The normalized spacial score (nSPS) is 11.7. The molecule has 0 amide bonds. The third-order valence-corrected chi connectivity index (χ3v) is 13.8. The van der Waals surface area contributed by atoms with Crippen molar-refractivity contribution in [2.24, 2.45) is 0 Å². The first-order valence-corrected chi connectivity index (χ1v) is 21.6. The molecule has 4 heterocycles. The van der Waals surface area contributed by atoms with Gasteiger partial charge in [0.2, 0.25) is 0 Å². The summed E-state index contributed by atoms with van der Waals surface area (Å²) in [5.74, 6) is 1.89. The summed E-state index contributed by atoms with van der Waals surface area (Å²) < 4.78 is 5.12. The first-order chi connectivity index (χ1) is 29.7. The number of thiophene rings is 2. The van der Waals surface area contributed by atoms with Gasteiger partial charge in [-0.15, -0.1) is 22.7 Å². The molecule has 0 aliphatic carbocycles. The van der Waals surface area contributed by atoms with Gasteiger partial charge >= 0.3 is 0 Å². The molecule has 280 valence electrons. The molecule has 0 spiro atoms. The van der Waals surface area contributed by atoms with E-state index in [0.29, 0.717) is 17.5 Å². The van der Waals surface area contributed by atoms with Crippen LogP contribution >= 0.6 is 22.7 Å². The van der Waals surface area contributed by atoms with Crippen molar-refractivity contribution in [3.8, 4) is 67.7 Å². The number of hydrogen-bond donors (Lipinski definition) is 0. The van der Waals surface area contributed by atoms with Crippen LogP contribution in [0.25, 0.3) is 119 Å². The minimum Gasteiger partial charge on any atom is -0.247 e. The molecule has 12 rings (SSSR count). The maximum absolute atomic E-state index is 5.52. The van der Waals surface area contributed by atoms with E-state index in [1.54, 1.807) is 0 Å². The molecule has 0 aliphatic heterocycles. The number of aromatic nitrogens is 4. The number of pyridine rings is 1. The summed E-state index contributed by atoms with van der Waals surface area (Å²) in [6.07, 6.45) is 0. The van der Waals surface area contributed by atoms with Gasteiger partial charge in [-0.3, -0.25) is 0 Å². The van der Waals surface area contributed by atoms with Crippen molar-refractivity contribution in [3.63, 3.8) is 0 Å². The van der Waals surface area contributed by atoms with E-state index in [4.69, 9.17) is 19.9 Å². The number of benzene rings is 8. The quantitative estimate of drug-likeness (QED) is 0.168. The van der Waals surface area contributed by atoms with E-state index in [1.165, 1.54) is 51.5 Å². The van der Waals surface area contributed by atoms with Gasteiger partial charge in [0, 0.05) is 68.0 Å². The summed E-state index contributed by atoms with van der Waals surface area (Å²) >= 11 is 3.70. The van der Waals surface area contributed by atoms with Gasteiger partial charge in [-0.1, -0.05) is 170 Å². The van der Waals surface area contributed by atoms with E-state index < -0.39 is 0 Å². The number of fused-ring (bicyclic) bond motifs is 8. The van der Waals surface area contributed by atoms with Crippen molar-refractivity contribution in [2.45, 2.75) is 0 Å². The molecule has 0 bridgehead atoms. The Hall–Kier alpha value is -7.38. The van der Waals surface area contributed by atoms with E-state index >= 15 is 0 Å². The van der Waals surface area contributed by atoms with Crippen LogP contribution in [0.1, 0.15) is 0 Å². The first-order valence-electron chi connectivity index (χ1n) is 20.0. The van der Waals surface area contributed by atoms with Crippen LogP contribution in [0, 0.1) is 0 Å². The van der Waals surface area contributed by atoms with Crippen LogP contribution in [0.3, 0.4) is 0 Å². The monoisotopic (exact) mass is 800 g/mol. The molecular formula is C54H32N4S2. The van der Waals surface area contributed by atoms with E-state index in [-0.39, 0.29) is 0 Å². The third kappa shape index (κ3) is 5.88. The fourth-order valence-corrected chi connectivity index (χ4v) is 10.9. The zero-order chi connectivity index (χ0) is 39.6. The highest BCUT2D eigenvalue weighted by molar-refractivity contribution is 7.27. The van der Waals surface area contributed by atoms with Crippen molar-refractivity contribution >= 4 is 73.9 Å². The molecule has 0 aliphatic rings. The summed E-state index contributed by atoms with van der Waals surface area (Å²) in [4.78, 5) is 20.5. The van der Waals surface area contributed by atoms with E-state index in [9.17, 15) is 0 Å². The Labute approximate surface area is 353 Å². The minimum absolute atomic E-state index is 0.617. The van der Waals surface area contributed by atoms with Crippen LogP contribution in [-0.4, -0.2) is 19.9 Å². The Morgan fingerprint density at radius 1 is 0.300 bits per heavy atom. The molecule has 0 saturated carbocycles. The lowest BCUT2D eigenvalue weighted by atomic mass is 9.97. The Bertz CT molecular complexity index is 3540. The van der Waals surface area contributed by atoms with Gasteiger partial charge in [-0.05, 0) is 46.5 Å². The Morgan fingerprint density at radius 3 is 1.57 bits per heavy atom. The molecule has 8 aromatic carbocycles. The molecule has 4 aromatic heterocycles. The number of nitrogens with zero attached hydrogens (tertiary/aromatic N) is 4. The number of hydrogen-bond acceptors (Lipinski definition) is 6. The summed E-state index contributed by atoms with van der Waals surface area (Å²) in [5, 5.41) is 6.16. The molecule has 0 N–H and O–H groups in total. The zero-order valence-electron chi connectivity index (χ0n) is 32.1. The molecule has 0 atom stereocenters. The Kier molecular flexibility index (Phi) is 8.18. The highest BCUT2D eigenvalue weighted by Crippen LogP contribution is 2.44. The second kappa shape index (κ2) is 14.2. The van der Waals surface area contributed by atoms with Crippen molar-refractivity contribution in [1.82, 2.24) is 19.9 Å². The highest BCUT2D eigenvalue weighted by atomic mass is 32.1. The fourth-order valence-electron chi connectivity index (χ4n) is 8.41. The largest absolute Gasteiger partial charge is 0.247 e. The molecule has 0 fully saturated rings. The highest BCUT2D eigenvalue weighted by Gasteiger charge is 2.19. The second-order valence-electron chi connectivity index (χ2n) is 15.0. The van der Waals surface area contributed by atoms with Crippen LogP contribution in [0.4, 0.5) is 0 Å². The van der Waals surface area contributed by atoms with Crippen LogP contribution in [-0.2, 0) is 0 Å². The summed E-state index contributed by atoms with van der Waals surface area (Å²) in [6.45, 7) is 0. The van der Waals surface area contributed by atoms with E-state index in [2.05, 4.69) is 133 Å². The maximum Gasteiger partial charge on any atom is 0.164 e. The Morgan fingerprint density at radius 2 is 0.833 bits per heavy atom. The van der Waals surface area contributed by atoms with E-state index in [1.807, 2.05) is 83.3 Å². The van der Waals surface area contributed by atoms with Crippen molar-refractivity contribution in [2.75, 3.05) is 0 Å². The third-order valence-electron chi connectivity index (χ3n) is 11.3. The van der Waals surface area contributed by atoms with Gasteiger partial charge in [0.25, 0.3) is 0 Å². The van der Waals surface area contributed by atoms with Gasteiger partial charge in [-0.2, -0.15) is 0 Å². The average Bonchev–Trinajstić information content (AvgIpc) is 3.91. The SMILES string of the molecule is c1ccc(-c2nc(-c3ccccc3)nc(-c3cccc(-c4nc5cc(-c6ccc(-c7cccc8c7sc7ccccc78)cc6)ccc5c5sc6ccccc6c45)c3)n2)cc1. The standard InChI is InChI=1S/C54H32N4S2/c1-3-13-35(14-4-1)52-56-53(36-15-5-2-6-16-36)58-54(57-52)39-18-11-17-38(31-39)49-48-44-20-8-10-24-47(44)60-51(48)43-30-29-37(32-45(43)55-49)33-25-27-34(28-26-33)40-21-12-22-42-41-19-7-9-23-46(41)59-50(40)42/h1-32H. The van der Waals surface area contributed by atoms with Crippen molar-refractivity contribution in [3.05, 3.63) is 194 Å². The van der Waals surface area contributed by atoms with Crippen molar-refractivity contribution < 1.29 is 0 Å². The summed E-state index contributed by atoms with van der Waals surface area (Å²) in [6, 6.07) is 68.5. The smallest absolute Gasteiger partial charge is 0.164 e. The second-order valence-corrected chi connectivity index (χ2v) is 17.1. The lowest BCUT2D eigenvalue weighted by Crippen LogP contribution is -2.00. The lowest BCUT2D eigenvalue weighted by Gasteiger charge is -2.12. The minimum atomic E-state index is 0.617. The molecular weight excluding hydrogens is 769 g/mol. The maximum atomic E-state index is 5.52. The topological polar surface area (TPSA) is 51.6 Å². The van der Waals surface area contributed by atoms with Gasteiger partial charge in [0.05, 0.1) is 11.2 Å². The summed E-state index contributed by atoms with van der Waals surface area (Å²) in [7, 11) is 0. The van der Waals surface area contributed by atoms with Crippen LogP contribution in [0.2, 0.25) is 0 Å². The fraction of sp³-hybridized carbons (Fsp3) is 0. The lowest BCUT2D eigenvalue weighted by molar-refractivity contribution is 1.07. The van der Waals surface area contributed by atoms with Gasteiger partial charge in [-0.25, -0.2) is 19.9 Å². The molecule has 0 radical (unpaired) electrons. The predicted molar refractivity (Wildman–Crippen MR) is 254 cm³/mol. The van der Waals surface area contributed by atoms with Gasteiger partial charge in [0.15, 0.2) is 17.5 Å².